The number of hydrogen-bond acceptors (Lipinski definition) is 4. The number of aliphatic imine (C=N–C) groups is 1. The van der Waals surface area contributed by atoms with E-state index >= 15 is 0 Å². The summed E-state index contributed by atoms with van der Waals surface area (Å²) in [6.07, 6.45) is 10.0. The van der Waals surface area contributed by atoms with Crippen LogP contribution in [0, 0.1) is 6.92 Å². The fourth-order valence-corrected chi connectivity index (χ4v) is 5.56. The van der Waals surface area contributed by atoms with E-state index in [1.807, 2.05) is 18.2 Å². The average molecular weight is 458 g/mol. The lowest BCUT2D eigenvalue weighted by Crippen LogP contribution is -2.47. The second kappa shape index (κ2) is 10.1. The van der Waals surface area contributed by atoms with Crippen molar-refractivity contribution in [3.8, 4) is 5.75 Å². The van der Waals surface area contributed by atoms with E-state index in [0.717, 1.165) is 43.1 Å². The molecule has 34 heavy (non-hydrogen) atoms. The van der Waals surface area contributed by atoms with Gasteiger partial charge < -0.3 is 4.74 Å². The van der Waals surface area contributed by atoms with Crippen LogP contribution in [-0.2, 0) is 4.79 Å². The summed E-state index contributed by atoms with van der Waals surface area (Å²) in [6.45, 7) is 4.13. The molecule has 0 aromatic heterocycles. The van der Waals surface area contributed by atoms with Crippen molar-refractivity contribution in [2.24, 2.45) is 4.99 Å². The van der Waals surface area contributed by atoms with Gasteiger partial charge in [-0.25, -0.2) is 4.99 Å². The number of aryl methyl sites for hydroxylation is 1. The summed E-state index contributed by atoms with van der Waals surface area (Å²) in [4.78, 5) is 23.5. The van der Waals surface area contributed by atoms with Gasteiger partial charge in [0.1, 0.15) is 17.3 Å². The van der Waals surface area contributed by atoms with E-state index in [4.69, 9.17) is 9.73 Å². The molecule has 0 N–H and O–H groups in total. The molecule has 1 saturated carbocycles. The molecule has 1 saturated heterocycles. The van der Waals surface area contributed by atoms with E-state index in [0.29, 0.717) is 5.70 Å². The molecule has 2 aromatic carbocycles. The molecule has 0 bridgehead atoms. The predicted molar refractivity (Wildman–Crippen MR) is 137 cm³/mol. The van der Waals surface area contributed by atoms with E-state index in [2.05, 4.69) is 53.1 Å². The summed E-state index contributed by atoms with van der Waals surface area (Å²) in [5.74, 6) is 1.81. The third-order valence-corrected chi connectivity index (χ3v) is 7.42. The van der Waals surface area contributed by atoms with Crippen LogP contribution < -0.4 is 4.74 Å². The number of nitrogens with zero attached hydrogens (tertiary/aromatic N) is 3. The molecule has 5 nitrogen and oxygen atoms in total. The molecule has 5 heteroatoms. The SMILES string of the molecule is COc1ccc(C(C2=N/C(=C\c3ccc(C)cc3)C(=O)N2C2CCCCC2)N2CCCC2)cc1. The molecule has 2 heterocycles. The molecule has 1 atom stereocenters. The molecule has 1 amide bonds. The van der Waals surface area contributed by atoms with Gasteiger partial charge in [0, 0.05) is 6.04 Å². The highest BCUT2D eigenvalue weighted by Gasteiger charge is 2.42. The number of hydrogen-bond donors (Lipinski definition) is 0. The largest absolute Gasteiger partial charge is 0.497 e. The van der Waals surface area contributed by atoms with Crippen LogP contribution in [0.2, 0.25) is 0 Å². The van der Waals surface area contributed by atoms with Gasteiger partial charge in [0.15, 0.2) is 0 Å². The summed E-state index contributed by atoms with van der Waals surface area (Å²) >= 11 is 0. The highest BCUT2D eigenvalue weighted by atomic mass is 16.5. The van der Waals surface area contributed by atoms with Crippen LogP contribution in [0.15, 0.2) is 59.2 Å². The Morgan fingerprint density at radius 3 is 2.26 bits per heavy atom. The van der Waals surface area contributed by atoms with Crippen LogP contribution in [0.25, 0.3) is 6.08 Å². The number of amides is 1. The number of likely N-dealkylation sites (tertiary alicyclic amines) is 1. The molecule has 1 unspecified atom stereocenters. The van der Waals surface area contributed by atoms with Gasteiger partial charge >= 0.3 is 0 Å². The molecule has 0 spiro atoms. The average Bonchev–Trinajstić information content (AvgIpc) is 3.51. The molecular weight excluding hydrogens is 422 g/mol. The summed E-state index contributed by atoms with van der Waals surface area (Å²) in [7, 11) is 1.69. The number of ether oxygens (including phenoxy) is 1. The second-order valence-corrected chi connectivity index (χ2v) is 9.80. The first kappa shape index (κ1) is 22.9. The summed E-state index contributed by atoms with van der Waals surface area (Å²) < 4.78 is 5.41. The molecule has 2 aromatic rings. The molecule has 0 radical (unpaired) electrons. The molecule has 2 aliphatic heterocycles. The Kier molecular flexibility index (Phi) is 6.82. The molecular formula is C29H35N3O2. The van der Waals surface area contributed by atoms with Crippen LogP contribution in [0.1, 0.15) is 67.7 Å². The zero-order valence-electron chi connectivity index (χ0n) is 20.4. The van der Waals surface area contributed by atoms with Crippen molar-refractivity contribution < 1.29 is 9.53 Å². The van der Waals surface area contributed by atoms with Crippen molar-refractivity contribution >= 4 is 17.8 Å². The Balaban J connectivity index is 1.58. The van der Waals surface area contributed by atoms with Crippen molar-refractivity contribution in [1.29, 1.82) is 0 Å². The van der Waals surface area contributed by atoms with E-state index in [-0.39, 0.29) is 18.0 Å². The Morgan fingerprint density at radius 1 is 0.941 bits per heavy atom. The first-order valence-electron chi connectivity index (χ1n) is 12.7. The van der Waals surface area contributed by atoms with Crippen LogP contribution in [0.5, 0.6) is 5.75 Å². The molecule has 2 fully saturated rings. The zero-order chi connectivity index (χ0) is 23.5. The maximum absolute atomic E-state index is 13.8. The van der Waals surface area contributed by atoms with Crippen LogP contribution in [-0.4, -0.2) is 47.8 Å². The minimum absolute atomic E-state index is 0.0248. The molecule has 1 aliphatic carbocycles. The van der Waals surface area contributed by atoms with Crippen LogP contribution >= 0.6 is 0 Å². The van der Waals surface area contributed by atoms with Crippen molar-refractivity contribution in [3.63, 3.8) is 0 Å². The number of benzene rings is 2. The van der Waals surface area contributed by atoms with Gasteiger partial charge in [-0.05, 0) is 75.0 Å². The lowest BCUT2D eigenvalue weighted by molar-refractivity contribution is -0.124. The zero-order valence-corrected chi connectivity index (χ0v) is 20.4. The van der Waals surface area contributed by atoms with Crippen LogP contribution in [0.4, 0.5) is 0 Å². The highest BCUT2D eigenvalue weighted by molar-refractivity contribution is 6.16. The third-order valence-electron chi connectivity index (χ3n) is 7.42. The topological polar surface area (TPSA) is 45.1 Å². The lowest BCUT2D eigenvalue weighted by atomic mass is 9.93. The van der Waals surface area contributed by atoms with E-state index in [1.54, 1.807) is 7.11 Å². The lowest BCUT2D eigenvalue weighted by Gasteiger charge is -2.37. The Bertz CT molecular complexity index is 1060. The van der Waals surface area contributed by atoms with Crippen molar-refractivity contribution in [2.45, 2.75) is 64.0 Å². The van der Waals surface area contributed by atoms with E-state index in [9.17, 15) is 4.79 Å². The number of carbonyl (C=O) groups is 1. The third kappa shape index (κ3) is 4.67. The van der Waals surface area contributed by atoms with Gasteiger partial charge in [-0.15, -0.1) is 0 Å². The Labute approximate surface area is 203 Å². The molecule has 178 valence electrons. The van der Waals surface area contributed by atoms with E-state index < -0.39 is 0 Å². The smallest absolute Gasteiger partial charge is 0.278 e. The van der Waals surface area contributed by atoms with Crippen LogP contribution in [0.3, 0.4) is 0 Å². The van der Waals surface area contributed by atoms with Gasteiger partial charge in [-0.2, -0.15) is 0 Å². The minimum atomic E-state index is -0.0248. The quantitative estimate of drug-likeness (QED) is 0.519. The maximum atomic E-state index is 13.8. The number of amidine groups is 1. The van der Waals surface area contributed by atoms with Gasteiger partial charge in [0.2, 0.25) is 0 Å². The van der Waals surface area contributed by atoms with Crippen molar-refractivity contribution in [1.82, 2.24) is 9.80 Å². The first-order chi connectivity index (χ1) is 16.6. The molecule has 5 rings (SSSR count). The van der Waals surface area contributed by atoms with Crippen molar-refractivity contribution in [3.05, 3.63) is 70.9 Å². The van der Waals surface area contributed by atoms with Gasteiger partial charge in [0.25, 0.3) is 5.91 Å². The van der Waals surface area contributed by atoms with Gasteiger partial charge in [-0.1, -0.05) is 61.2 Å². The minimum Gasteiger partial charge on any atom is -0.497 e. The van der Waals surface area contributed by atoms with Crippen molar-refractivity contribution in [2.75, 3.05) is 20.2 Å². The van der Waals surface area contributed by atoms with E-state index in [1.165, 1.54) is 43.2 Å². The standard InChI is InChI=1S/C29H35N3O2/c1-21-10-12-22(13-11-21)20-26-29(33)32(24-8-4-3-5-9-24)28(30-26)27(31-18-6-7-19-31)23-14-16-25(34-2)17-15-23/h10-17,20,24,27H,3-9,18-19H2,1-2H3/b26-20-. The number of methoxy groups -OCH3 is 1. The normalized spacial score (nSPS) is 21.8. The fraction of sp³-hybridized carbons (Fsp3) is 0.448. The maximum Gasteiger partial charge on any atom is 0.278 e. The number of rotatable bonds is 6. The fourth-order valence-electron chi connectivity index (χ4n) is 5.56. The number of carbonyl (C=O) groups excluding carboxylic acids is 1. The predicted octanol–water partition coefficient (Wildman–Crippen LogP) is 5.76. The van der Waals surface area contributed by atoms with Gasteiger partial charge in [-0.3, -0.25) is 14.6 Å². The Morgan fingerprint density at radius 2 is 1.62 bits per heavy atom. The van der Waals surface area contributed by atoms with Gasteiger partial charge in [0.05, 0.1) is 13.2 Å². The monoisotopic (exact) mass is 457 g/mol. The summed E-state index contributed by atoms with van der Waals surface area (Å²) in [5.41, 5.74) is 3.96. The first-order valence-corrected chi connectivity index (χ1v) is 12.7. The molecule has 3 aliphatic rings. The Hall–Kier alpha value is -2.92. The highest BCUT2D eigenvalue weighted by Crippen LogP contribution is 2.36. The second-order valence-electron chi connectivity index (χ2n) is 9.80. The summed E-state index contributed by atoms with van der Waals surface area (Å²) in [5, 5.41) is 0. The summed E-state index contributed by atoms with van der Waals surface area (Å²) in [6, 6.07) is 16.8.